The summed E-state index contributed by atoms with van der Waals surface area (Å²) in [5.74, 6) is -0.213. The lowest BCUT2D eigenvalue weighted by Gasteiger charge is -2.09. The summed E-state index contributed by atoms with van der Waals surface area (Å²) in [6.07, 6.45) is 0.336. The Bertz CT molecular complexity index is 980. The Hall–Kier alpha value is -3.41. The van der Waals surface area contributed by atoms with Crippen molar-refractivity contribution in [3.63, 3.8) is 0 Å². The predicted molar refractivity (Wildman–Crippen MR) is 113 cm³/mol. The summed E-state index contributed by atoms with van der Waals surface area (Å²) >= 11 is 0. The lowest BCUT2D eigenvalue weighted by atomic mass is 10.1. The molecule has 2 N–H and O–H groups in total. The molecule has 0 spiro atoms. The molecule has 150 valence electrons. The number of amides is 2. The molecule has 3 aromatic rings. The number of hydrogen-bond acceptors (Lipinski definition) is 3. The van der Waals surface area contributed by atoms with Crippen LogP contribution < -0.4 is 10.6 Å². The van der Waals surface area contributed by atoms with Crippen LogP contribution in [0.1, 0.15) is 32.9 Å². The van der Waals surface area contributed by atoms with Gasteiger partial charge in [-0.2, -0.15) is 5.10 Å². The van der Waals surface area contributed by atoms with Crippen LogP contribution in [0.2, 0.25) is 0 Å². The largest absolute Gasteiger partial charge is 0.354 e. The van der Waals surface area contributed by atoms with Crippen molar-refractivity contribution in [2.45, 2.75) is 26.8 Å². The minimum Gasteiger partial charge on any atom is -0.354 e. The molecule has 6 heteroatoms. The average Bonchev–Trinajstić information content (AvgIpc) is 3.03. The number of carbonyl (C=O) groups excluding carboxylic acids is 2. The van der Waals surface area contributed by atoms with Gasteiger partial charge in [-0.3, -0.25) is 14.3 Å². The van der Waals surface area contributed by atoms with E-state index < -0.39 is 0 Å². The Morgan fingerprint density at radius 3 is 2.34 bits per heavy atom. The second-order valence-electron chi connectivity index (χ2n) is 7.05. The molecule has 0 bridgehead atoms. The lowest BCUT2D eigenvalue weighted by Crippen LogP contribution is -2.35. The number of benzene rings is 2. The number of rotatable bonds is 8. The van der Waals surface area contributed by atoms with Crippen LogP contribution in [0.4, 0.5) is 0 Å². The molecule has 0 saturated heterocycles. The van der Waals surface area contributed by atoms with Crippen molar-refractivity contribution >= 4 is 11.8 Å². The summed E-state index contributed by atoms with van der Waals surface area (Å²) < 4.78 is 1.93. The van der Waals surface area contributed by atoms with Crippen LogP contribution in [-0.4, -0.2) is 34.7 Å². The third-order valence-electron chi connectivity index (χ3n) is 4.57. The van der Waals surface area contributed by atoms with Gasteiger partial charge in [0.2, 0.25) is 5.91 Å². The summed E-state index contributed by atoms with van der Waals surface area (Å²) in [7, 11) is 0. The molecule has 0 aliphatic rings. The van der Waals surface area contributed by atoms with E-state index in [9.17, 15) is 9.59 Å². The highest BCUT2D eigenvalue weighted by Gasteiger charge is 2.08. The van der Waals surface area contributed by atoms with E-state index in [2.05, 4.69) is 15.7 Å². The van der Waals surface area contributed by atoms with E-state index in [4.69, 9.17) is 0 Å². The second-order valence-corrected chi connectivity index (χ2v) is 7.05. The third kappa shape index (κ3) is 6.04. The molecule has 0 radical (unpaired) electrons. The number of nitrogens with zero attached hydrogens (tertiary/aromatic N) is 2. The molecule has 29 heavy (non-hydrogen) atoms. The summed E-state index contributed by atoms with van der Waals surface area (Å²) in [6, 6.07) is 19.1. The van der Waals surface area contributed by atoms with Gasteiger partial charge in [0, 0.05) is 24.3 Å². The predicted octanol–water partition coefficient (Wildman–Crippen LogP) is 2.64. The van der Waals surface area contributed by atoms with E-state index in [0.29, 0.717) is 31.6 Å². The monoisotopic (exact) mass is 390 g/mol. The Morgan fingerprint density at radius 2 is 1.62 bits per heavy atom. The lowest BCUT2D eigenvalue weighted by molar-refractivity contribution is -0.120. The van der Waals surface area contributed by atoms with E-state index in [1.54, 1.807) is 6.07 Å². The molecule has 0 aliphatic heterocycles. The SMILES string of the molecule is Cc1cc(C)n(Cc2cccc(C(=O)NCCNC(=O)Cc3ccccc3)c2)n1. The summed E-state index contributed by atoms with van der Waals surface area (Å²) in [4.78, 5) is 24.4. The van der Waals surface area contributed by atoms with Crippen molar-refractivity contribution in [3.8, 4) is 0 Å². The van der Waals surface area contributed by atoms with E-state index in [-0.39, 0.29) is 11.8 Å². The zero-order valence-electron chi connectivity index (χ0n) is 16.8. The van der Waals surface area contributed by atoms with Gasteiger partial charge in [0.15, 0.2) is 0 Å². The zero-order valence-corrected chi connectivity index (χ0v) is 16.8. The fourth-order valence-corrected chi connectivity index (χ4v) is 3.14. The van der Waals surface area contributed by atoms with Crippen LogP contribution in [0.5, 0.6) is 0 Å². The van der Waals surface area contributed by atoms with E-state index in [0.717, 1.165) is 22.5 Å². The molecule has 0 aliphatic carbocycles. The van der Waals surface area contributed by atoms with Crippen molar-refractivity contribution < 1.29 is 9.59 Å². The van der Waals surface area contributed by atoms with Crippen molar-refractivity contribution in [1.29, 1.82) is 0 Å². The van der Waals surface area contributed by atoms with Gasteiger partial charge >= 0.3 is 0 Å². The molecule has 0 fully saturated rings. The minimum absolute atomic E-state index is 0.0580. The van der Waals surface area contributed by atoms with Gasteiger partial charge in [-0.05, 0) is 43.2 Å². The maximum absolute atomic E-state index is 12.4. The zero-order chi connectivity index (χ0) is 20.6. The molecule has 2 aromatic carbocycles. The maximum atomic E-state index is 12.4. The molecule has 3 rings (SSSR count). The summed E-state index contributed by atoms with van der Waals surface area (Å²) in [6.45, 7) is 5.37. The fourth-order valence-electron chi connectivity index (χ4n) is 3.14. The van der Waals surface area contributed by atoms with Crippen LogP contribution in [0, 0.1) is 13.8 Å². The number of carbonyl (C=O) groups is 2. The van der Waals surface area contributed by atoms with Gasteiger partial charge in [-0.1, -0.05) is 42.5 Å². The van der Waals surface area contributed by atoms with Crippen molar-refractivity contribution in [3.05, 3.63) is 88.7 Å². The molecule has 1 heterocycles. The maximum Gasteiger partial charge on any atom is 0.251 e. The number of nitrogens with one attached hydrogen (secondary N) is 2. The van der Waals surface area contributed by atoms with Gasteiger partial charge in [0.25, 0.3) is 5.91 Å². The highest BCUT2D eigenvalue weighted by molar-refractivity contribution is 5.94. The van der Waals surface area contributed by atoms with Gasteiger partial charge < -0.3 is 10.6 Å². The van der Waals surface area contributed by atoms with Crippen LogP contribution in [0.25, 0.3) is 0 Å². The molecule has 0 atom stereocenters. The highest BCUT2D eigenvalue weighted by atomic mass is 16.2. The van der Waals surface area contributed by atoms with Crippen molar-refractivity contribution in [2.75, 3.05) is 13.1 Å². The van der Waals surface area contributed by atoms with E-state index in [1.165, 1.54) is 0 Å². The number of aromatic nitrogens is 2. The molecule has 0 unspecified atom stereocenters. The summed E-state index contributed by atoms with van der Waals surface area (Å²) in [5.41, 5.74) is 4.64. The van der Waals surface area contributed by atoms with Crippen LogP contribution in [0.3, 0.4) is 0 Å². The molecular formula is C23H26N4O2. The van der Waals surface area contributed by atoms with Gasteiger partial charge in [-0.25, -0.2) is 0 Å². The van der Waals surface area contributed by atoms with Crippen molar-refractivity contribution in [1.82, 2.24) is 20.4 Å². The highest BCUT2D eigenvalue weighted by Crippen LogP contribution is 2.10. The van der Waals surface area contributed by atoms with Gasteiger partial charge in [0.05, 0.1) is 18.7 Å². The first kappa shape index (κ1) is 20.3. The second kappa shape index (κ2) is 9.68. The van der Waals surface area contributed by atoms with Crippen LogP contribution in [0.15, 0.2) is 60.7 Å². The standard InChI is InChI=1S/C23H26N4O2/c1-17-13-18(2)27(26-17)16-20-9-6-10-21(14-20)23(29)25-12-11-24-22(28)15-19-7-4-3-5-8-19/h3-10,13-14H,11-12,15-16H2,1-2H3,(H,24,28)(H,25,29). The number of hydrogen-bond donors (Lipinski definition) is 2. The minimum atomic E-state index is -0.155. The Labute approximate surface area is 170 Å². The third-order valence-corrected chi connectivity index (χ3v) is 4.57. The molecule has 2 amide bonds. The molecule has 1 aromatic heterocycles. The van der Waals surface area contributed by atoms with E-state index >= 15 is 0 Å². The first-order chi connectivity index (χ1) is 14.0. The average molecular weight is 390 g/mol. The topological polar surface area (TPSA) is 76.0 Å². The Kier molecular flexibility index (Phi) is 6.79. The van der Waals surface area contributed by atoms with Gasteiger partial charge in [0.1, 0.15) is 0 Å². The Balaban J connectivity index is 1.46. The smallest absolute Gasteiger partial charge is 0.251 e. The van der Waals surface area contributed by atoms with E-state index in [1.807, 2.05) is 73.1 Å². The first-order valence-corrected chi connectivity index (χ1v) is 9.70. The summed E-state index contributed by atoms with van der Waals surface area (Å²) in [5, 5.41) is 10.1. The quantitative estimate of drug-likeness (QED) is 0.581. The van der Waals surface area contributed by atoms with Gasteiger partial charge in [-0.15, -0.1) is 0 Å². The van der Waals surface area contributed by atoms with Crippen LogP contribution in [-0.2, 0) is 17.8 Å². The number of aryl methyl sites for hydroxylation is 2. The van der Waals surface area contributed by atoms with Crippen molar-refractivity contribution in [2.24, 2.45) is 0 Å². The molecular weight excluding hydrogens is 364 g/mol. The fraction of sp³-hybridized carbons (Fsp3) is 0.261. The molecule has 0 saturated carbocycles. The Morgan fingerprint density at radius 1 is 0.897 bits per heavy atom. The normalized spacial score (nSPS) is 10.6. The first-order valence-electron chi connectivity index (χ1n) is 9.70. The molecule has 6 nitrogen and oxygen atoms in total. The van der Waals surface area contributed by atoms with Crippen LogP contribution >= 0.6 is 0 Å².